The number of carbonyl (C=O) groups excluding carboxylic acids is 1. The fourth-order valence-corrected chi connectivity index (χ4v) is 8.52. The van der Waals surface area contributed by atoms with Crippen LogP contribution in [-0.4, -0.2) is 81.9 Å². The molecule has 1 unspecified atom stereocenters. The number of carbonyl (C=O) groups is 1. The highest BCUT2D eigenvalue weighted by molar-refractivity contribution is 6.05. The van der Waals surface area contributed by atoms with Gasteiger partial charge in [0.15, 0.2) is 0 Å². The Hall–Kier alpha value is -4.02. The van der Waals surface area contributed by atoms with E-state index in [4.69, 9.17) is 19.4 Å². The Morgan fingerprint density at radius 1 is 1.06 bits per heavy atom. The molecule has 0 saturated carbocycles. The van der Waals surface area contributed by atoms with E-state index in [-0.39, 0.29) is 11.5 Å². The second kappa shape index (κ2) is 14.5. The average Bonchev–Trinajstić information content (AvgIpc) is 3.45. The number of nitrogens with zero attached hydrogens (tertiary/aromatic N) is 6. The Labute approximate surface area is 303 Å². The van der Waals surface area contributed by atoms with Gasteiger partial charge in [-0.15, -0.1) is 0 Å². The maximum Gasteiger partial charge on any atom is 0.258 e. The Morgan fingerprint density at radius 3 is 2.59 bits per heavy atom. The van der Waals surface area contributed by atoms with Crippen LogP contribution in [-0.2, 0) is 11.3 Å². The molecule has 3 aliphatic rings. The van der Waals surface area contributed by atoms with Crippen molar-refractivity contribution in [3.05, 3.63) is 60.0 Å². The third kappa shape index (κ3) is 7.77. The molecule has 6 heterocycles. The Bertz CT molecular complexity index is 1850. The van der Waals surface area contributed by atoms with Crippen molar-refractivity contribution >= 4 is 28.6 Å². The molecular formula is C41H55N7O3. The molecule has 3 aromatic heterocycles. The number of hydrogen-bond acceptors (Lipinski definition) is 8. The van der Waals surface area contributed by atoms with Crippen molar-refractivity contribution in [3.8, 4) is 17.0 Å². The molecule has 1 amide bonds. The van der Waals surface area contributed by atoms with Crippen LogP contribution >= 0.6 is 0 Å². The Kier molecular flexibility index (Phi) is 10.1. The average molecular weight is 694 g/mol. The van der Waals surface area contributed by atoms with E-state index < -0.39 is 0 Å². The van der Waals surface area contributed by atoms with Gasteiger partial charge in [-0.1, -0.05) is 6.92 Å². The number of nitrogens with one attached hydrogen (secondary N) is 1. The molecule has 0 radical (unpaired) electrons. The first-order valence-electron chi connectivity index (χ1n) is 18.9. The molecule has 2 fully saturated rings. The number of likely N-dealkylation sites (tertiary alicyclic amines) is 1. The minimum atomic E-state index is -0.211. The maximum absolute atomic E-state index is 13.8. The van der Waals surface area contributed by atoms with E-state index in [0.29, 0.717) is 41.2 Å². The lowest BCUT2D eigenvalue weighted by Crippen LogP contribution is -2.50. The van der Waals surface area contributed by atoms with Crippen LogP contribution in [0.5, 0.6) is 5.75 Å². The smallest absolute Gasteiger partial charge is 0.258 e. The van der Waals surface area contributed by atoms with Crippen LogP contribution in [0.4, 0.5) is 11.6 Å². The van der Waals surface area contributed by atoms with Crippen LogP contribution in [0.25, 0.3) is 22.3 Å². The molecule has 4 aromatic rings. The normalized spacial score (nSPS) is 20.9. The van der Waals surface area contributed by atoms with Gasteiger partial charge < -0.3 is 23.8 Å². The van der Waals surface area contributed by atoms with Gasteiger partial charge in [0, 0.05) is 62.1 Å². The number of ether oxygens (including phenoxy) is 2. The number of imidazole rings is 1. The summed E-state index contributed by atoms with van der Waals surface area (Å²) < 4.78 is 14.2. The summed E-state index contributed by atoms with van der Waals surface area (Å²) in [7, 11) is 1.82. The SMILES string of the molecule is COC(C)(C)CC(C)N1CCC2(CCN(c3ccc4nc5n(c4c3)C[C@H](C)CCCOc3ccncc3-c3cc(cc(C)n3)C(=O)N5)CC2)CC1. The van der Waals surface area contributed by atoms with Gasteiger partial charge in [0.1, 0.15) is 5.75 Å². The molecule has 1 aromatic carbocycles. The summed E-state index contributed by atoms with van der Waals surface area (Å²) >= 11 is 0. The van der Waals surface area contributed by atoms with E-state index in [1.54, 1.807) is 12.4 Å². The molecule has 3 aliphatic heterocycles. The van der Waals surface area contributed by atoms with Gasteiger partial charge in [-0.2, -0.15) is 0 Å². The van der Waals surface area contributed by atoms with E-state index in [2.05, 4.69) is 70.6 Å². The van der Waals surface area contributed by atoms with E-state index in [1.165, 1.54) is 44.5 Å². The Balaban J connectivity index is 1.10. The highest BCUT2D eigenvalue weighted by Crippen LogP contribution is 2.43. The summed E-state index contributed by atoms with van der Waals surface area (Å²) in [6.07, 6.45) is 11.4. The summed E-state index contributed by atoms with van der Waals surface area (Å²) in [5.74, 6) is 1.45. The third-order valence-corrected chi connectivity index (χ3v) is 11.8. The minimum Gasteiger partial charge on any atom is -0.493 e. The first kappa shape index (κ1) is 35.4. The van der Waals surface area contributed by atoms with Crippen LogP contribution in [0, 0.1) is 18.3 Å². The molecule has 272 valence electrons. The fourth-order valence-electron chi connectivity index (χ4n) is 8.52. The van der Waals surface area contributed by atoms with E-state index in [0.717, 1.165) is 66.9 Å². The van der Waals surface area contributed by atoms with Crippen molar-refractivity contribution in [3.63, 3.8) is 0 Å². The van der Waals surface area contributed by atoms with Crippen molar-refractivity contribution in [1.82, 2.24) is 24.4 Å². The number of amides is 1. The molecule has 0 aliphatic carbocycles. The van der Waals surface area contributed by atoms with Crippen molar-refractivity contribution in [1.29, 1.82) is 0 Å². The zero-order chi connectivity index (χ0) is 35.8. The minimum absolute atomic E-state index is 0.0870. The van der Waals surface area contributed by atoms with E-state index in [9.17, 15) is 4.79 Å². The lowest BCUT2D eigenvalue weighted by atomic mass is 9.71. The predicted molar refractivity (Wildman–Crippen MR) is 204 cm³/mol. The van der Waals surface area contributed by atoms with E-state index >= 15 is 0 Å². The number of fused-ring (bicyclic) bond motifs is 7. The summed E-state index contributed by atoms with van der Waals surface area (Å²) in [4.78, 5) is 33.1. The zero-order valence-electron chi connectivity index (χ0n) is 31.4. The van der Waals surface area contributed by atoms with Gasteiger partial charge in [0.25, 0.3) is 5.91 Å². The largest absolute Gasteiger partial charge is 0.493 e. The molecule has 1 spiro atoms. The van der Waals surface area contributed by atoms with Gasteiger partial charge in [-0.3, -0.25) is 20.1 Å². The molecule has 2 atom stereocenters. The first-order valence-corrected chi connectivity index (χ1v) is 18.9. The number of benzene rings is 1. The quantitative estimate of drug-likeness (QED) is 0.227. The Morgan fingerprint density at radius 2 is 1.82 bits per heavy atom. The lowest BCUT2D eigenvalue weighted by molar-refractivity contribution is -0.0182. The predicted octanol–water partition coefficient (Wildman–Crippen LogP) is 7.75. The number of aryl methyl sites for hydroxylation is 1. The molecule has 7 rings (SSSR count). The second-order valence-corrected chi connectivity index (χ2v) is 16.1. The number of pyridine rings is 2. The maximum atomic E-state index is 13.8. The number of hydrogen-bond donors (Lipinski definition) is 1. The van der Waals surface area contributed by atoms with Crippen LogP contribution in [0.3, 0.4) is 0 Å². The molecule has 10 nitrogen and oxygen atoms in total. The molecule has 51 heavy (non-hydrogen) atoms. The number of anilines is 2. The van der Waals surface area contributed by atoms with Crippen molar-refractivity contribution in [2.45, 2.75) is 97.8 Å². The molecule has 10 heteroatoms. The molecule has 1 N–H and O–H groups in total. The number of rotatable bonds is 5. The highest BCUT2D eigenvalue weighted by Gasteiger charge is 2.39. The summed E-state index contributed by atoms with van der Waals surface area (Å²) in [6, 6.07) is 12.7. The van der Waals surface area contributed by atoms with Gasteiger partial charge in [0.2, 0.25) is 5.95 Å². The lowest BCUT2D eigenvalue weighted by Gasteiger charge is -2.49. The van der Waals surface area contributed by atoms with Crippen LogP contribution in [0.15, 0.2) is 48.8 Å². The van der Waals surface area contributed by atoms with Crippen molar-refractivity contribution < 1.29 is 14.3 Å². The van der Waals surface area contributed by atoms with Crippen LogP contribution in [0.1, 0.15) is 88.7 Å². The summed E-state index contributed by atoms with van der Waals surface area (Å²) in [5.41, 5.74) is 6.26. The second-order valence-electron chi connectivity index (χ2n) is 16.1. The van der Waals surface area contributed by atoms with Gasteiger partial charge in [-0.05, 0) is 133 Å². The van der Waals surface area contributed by atoms with Crippen LogP contribution < -0.4 is 15.0 Å². The number of aromatic nitrogens is 4. The first-order chi connectivity index (χ1) is 24.5. The van der Waals surface area contributed by atoms with Gasteiger partial charge >= 0.3 is 0 Å². The summed E-state index contributed by atoms with van der Waals surface area (Å²) in [5, 5.41) is 3.18. The van der Waals surface area contributed by atoms with E-state index in [1.807, 2.05) is 32.2 Å². The van der Waals surface area contributed by atoms with Crippen molar-refractivity contribution in [2.75, 3.05) is 50.1 Å². The molecule has 2 bridgehead atoms. The summed E-state index contributed by atoms with van der Waals surface area (Å²) in [6.45, 7) is 16.7. The number of piperidine rings is 2. The zero-order valence-corrected chi connectivity index (χ0v) is 31.4. The standard InChI is InChI=1S/C41H55N7O3/c1-28-8-7-21-51-37-11-16-42-26-33(37)35-23-31(22-29(2)43-35)38(49)45-39-44-34-10-9-32(24-36(34)48(39)27-28)47-19-14-41(15-20-47)12-17-46(18-13-41)30(3)25-40(4,5)50-6/h9-11,16,22-24,26,28,30H,7-8,12-15,17-21,25,27H2,1-6H3,(H,44,45,49)/t28-,30?/m1/s1. The molecular weight excluding hydrogens is 638 g/mol. The van der Waals surface area contributed by atoms with Gasteiger partial charge in [0.05, 0.1) is 34.5 Å². The topological polar surface area (TPSA) is 97.6 Å². The monoisotopic (exact) mass is 693 g/mol. The number of methoxy groups -OCH3 is 1. The fraction of sp³-hybridized carbons (Fsp3) is 0.561. The third-order valence-electron chi connectivity index (χ3n) is 11.8. The molecule has 2 saturated heterocycles. The van der Waals surface area contributed by atoms with Crippen molar-refractivity contribution in [2.24, 2.45) is 11.3 Å². The van der Waals surface area contributed by atoms with Crippen LogP contribution in [0.2, 0.25) is 0 Å². The van der Waals surface area contributed by atoms with Gasteiger partial charge in [-0.25, -0.2) is 4.98 Å². The highest BCUT2D eigenvalue weighted by atomic mass is 16.5.